The van der Waals surface area contributed by atoms with Crippen LogP contribution >= 0.6 is 171 Å². The number of methoxy groups -OCH3 is 4. The quantitative estimate of drug-likeness (QED) is 0.0130. The molecular weight excluding hydrogens is 1680 g/mol. The number of nitrogens with one attached hydrogen (secondary N) is 2. The fourth-order valence-corrected chi connectivity index (χ4v) is 2.58. The maximum Gasteiger partial charge on any atom is 0.391 e. The van der Waals surface area contributed by atoms with Crippen molar-refractivity contribution < 1.29 is 71.0 Å². The number of anilines is 1. The van der Waals surface area contributed by atoms with Crippen LogP contribution in [0.25, 0.3) is 0 Å². The molecule has 2 aromatic rings. The standard InChI is InChI=1S/C8H11N3O2.C7H8N2O2S.C6H8O3.C6H12O.C3H3ClO3.C3H9N3.C2H6N2S.CHI3.CH2I2.CH2I.V/c1-11(2)8-9-5-4-6(10-8)7(12)13-3;1-11-6(10)5-3-4-8-7(9-5)12-2;1-3-4-5(7)6(8)9-2;1-3-5-6-7-4-2;1-7-3(6)2(4)5;1-6(2)3(4)5;1-5-2(3)4;2-1(3)4;2-1-3;1-2;/h4-5H,1-3H3;3-4H,1-2H3;3-4H,1-2H3;4H,2-3,5-6H2,1H3;1H3;1-2H3,(H3,4,5);1H3,(H3,3,4);1H;1H2;1H2;/q;;;;;;;;;-1;/b;;4-3+;;;;;;;;. The molecule has 0 amide bonds. The maximum absolute atomic E-state index is 11.1. The molecule has 0 unspecified atom stereocenters. The summed E-state index contributed by atoms with van der Waals surface area (Å²) in [5, 5.41) is 12.8. The van der Waals surface area contributed by atoms with E-state index in [0.29, 0.717) is 11.1 Å². The molecular formula is C38H62ClI6N10O11S2V-. The zero-order valence-electron chi connectivity index (χ0n) is 40.1. The van der Waals surface area contributed by atoms with Crippen molar-refractivity contribution >= 4 is 223 Å². The number of carbonyl (C=O) groups is 6. The number of halogens is 7. The van der Waals surface area contributed by atoms with Gasteiger partial charge in [-0.05, 0) is 55.7 Å². The second kappa shape index (κ2) is 67.2. The number of unbranched alkanes of at least 4 members (excludes halogenated alkanes) is 1. The Morgan fingerprint density at radius 1 is 0.855 bits per heavy atom. The van der Waals surface area contributed by atoms with Crippen molar-refractivity contribution in [3.8, 4) is 0 Å². The Labute approximate surface area is 514 Å². The number of aromatic nitrogens is 4. The van der Waals surface area contributed by atoms with Crippen LogP contribution in [-0.4, -0.2) is 149 Å². The fraction of sp³-hybridized carbons (Fsp3) is 0.447. The number of hydrogen-bond acceptors (Lipinski definition) is 20. The van der Waals surface area contributed by atoms with Gasteiger partial charge in [-0.15, -0.1) is 0 Å². The van der Waals surface area contributed by atoms with Gasteiger partial charge >= 0.3 is 29.1 Å². The summed E-state index contributed by atoms with van der Waals surface area (Å²) in [5.41, 5.74) is 10.3. The number of allylic oxidation sites excluding steroid dienone is 1. The summed E-state index contributed by atoms with van der Waals surface area (Å²) in [6.45, 7) is 8.01. The van der Waals surface area contributed by atoms with Gasteiger partial charge in [0.25, 0.3) is 5.78 Å². The molecule has 0 saturated carbocycles. The SMILES string of the molecule is C/C=C/C(=O)C(=O)OC.C=COCCCC.CN(C)C(=N)N.COC(=O)C(=O)Cl.COC(=O)c1ccnc(N(C)C)n1.COC(=O)c1ccnc(SC)n1.CSC(=N)N.IC(I)I.ICI.[CH2-]I.[V]. The van der Waals surface area contributed by atoms with E-state index < -0.39 is 34.9 Å². The number of rotatable bonds is 11. The summed E-state index contributed by atoms with van der Waals surface area (Å²) in [4.78, 5) is 84.4. The molecule has 1 radical (unpaired) electrons. The van der Waals surface area contributed by atoms with E-state index >= 15 is 0 Å². The largest absolute Gasteiger partial charge is 0.502 e. The molecule has 0 aromatic carbocycles. The molecule has 2 aromatic heterocycles. The Morgan fingerprint density at radius 2 is 1.25 bits per heavy atom. The van der Waals surface area contributed by atoms with E-state index in [1.165, 1.54) is 95.5 Å². The summed E-state index contributed by atoms with van der Waals surface area (Å²) in [6.07, 6.45) is 13.1. The smallest absolute Gasteiger partial charge is 0.391 e. The van der Waals surface area contributed by atoms with Crippen molar-refractivity contribution in [3.05, 3.63) is 65.8 Å². The second-order valence-corrected chi connectivity index (χ2v) is 27.6. The topological polar surface area (TPSA) is 306 Å². The number of esters is 4. The first-order valence-electron chi connectivity index (χ1n) is 17.8. The van der Waals surface area contributed by atoms with Crippen LogP contribution in [0.5, 0.6) is 0 Å². The van der Waals surface area contributed by atoms with E-state index in [2.05, 4.69) is 182 Å². The predicted octanol–water partition coefficient (Wildman–Crippen LogP) is 8.77. The molecule has 31 heteroatoms. The summed E-state index contributed by atoms with van der Waals surface area (Å²) in [5.74, 6) is -2.79. The van der Waals surface area contributed by atoms with Crippen molar-refractivity contribution in [2.75, 3.05) is 83.1 Å². The number of guanidine groups is 1. The zero-order chi connectivity index (χ0) is 55.2. The molecule has 6 N–H and O–H groups in total. The number of nitrogens with zero attached hydrogens (tertiary/aromatic N) is 6. The van der Waals surface area contributed by atoms with E-state index in [4.69, 9.17) is 27.0 Å². The first-order valence-corrected chi connectivity index (χ1v) is 28.9. The number of nitrogens with two attached hydrogens (primary N) is 2. The monoisotopic (exact) mass is 1750 g/mol. The average Bonchev–Trinajstić information content (AvgIpc) is 3.32. The van der Waals surface area contributed by atoms with E-state index in [0.717, 1.165) is 26.2 Å². The van der Waals surface area contributed by atoms with Gasteiger partial charge in [-0.1, -0.05) is 162 Å². The third-order valence-corrected chi connectivity index (χ3v) is 6.29. The molecule has 0 saturated heterocycles. The van der Waals surface area contributed by atoms with Gasteiger partial charge in [0.2, 0.25) is 5.95 Å². The molecule has 2 rings (SSSR count). The third-order valence-electron chi connectivity index (χ3n) is 5.13. The number of amidine groups is 1. The summed E-state index contributed by atoms with van der Waals surface area (Å²) >= 11 is 20.6. The average molecular weight is 1750 g/mol. The molecule has 0 aliphatic carbocycles. The Morgan fingerprint density at radius 3 is 1.51 bits per heavy atom. The summed E-state index contributed by atoms with van der Waals surface area (Å²) in [6, 6.07) is 3.03. The maximum atomic E-state index is 11.1. The molecule has 21 nitrogen and oxygen atoms in total. The van der Waals surface area contributed by atoms with Crippen molar-refractivity contribution in [3.63, 3.8) is 0 Å². The van der Waals surface area contributed by atoms with Crippen molar-refractivity contribution in [1.29, 1.82) is 10.8 Å². The Hall–Kier alpha value is -0.846. The van der Waals surface area contributed by atoms with Gasteiger partial charge in [0.15, 0.2) is 27.7 Å². The third kappa shape index (κ3) is 73.8. The van der Waals surface area contributed by atoms with Crippen LogP contribution in [0.3, 0.4) is 0 Å². The zero-order valence-corrected chi connectivity index (χ0v) is 56.8. The van der Waals surface area contributed by atoms with Crippen LogP contribution in [0.4, 0.5) is 5.95 Å². The van der Waals surface area contributed by atoms with Crippen LogP contribution in [0, 0.1) is 15.7 Å². The van der Waals surface area contributed by atoms with Crippen molar-refractivity contribution in [2.45, 2.75) is 31.8 Å². The molecule has 0 aliphatic rings. The van der Waals surface area contributed by atoms with Crippen LogP contribution in [0.1, 0.15) is 47.7 Å². The fourth-order valence-electron chi connectivity index (χ4n) is 2.15. The van der Waals surface area contributed by atoms with Crippen LogP contribution in [0.2, 0.25) is 0 Å². The van der Waals surface area contributed by atoms with Gasteiger partial charge in [-0.2, -0.15) is 0 Å². The molecule has 69 heavy (non-hydrogen) atoms. The molecule has 0 spiro atoms. The minimum absolute atomic E-state index is 0. The molecule has 2 heterocycles. The Kier molecular flexibility index (Phi) is 85.5. The summed E-state index contributed by atoms with van der Waals surface area (Å²) in [7, 11) is 12.0. The molecule has 0 bridgehead atoms. The number of ether oxygens (including phenoxy) is 5. The van der Waals surface area contributed by atoms with Crippen LogP contribution in [0.15, 0.2) is 54.7 Å². The normalized spacial score (nSPS) is 8.36. The van der Waals surface area contributed by atoms with Gasteiger partial charge < -0.3 is 67.5 Å². The number of ketones is 1. The van der Waals surface area contributed by atoms with Gasteiger partial charge in [0.1, 0.15) is -0.0619 Å². The first-order chi connectivity index (χ1) is 31.8. The van der Waals surface area contributed by atoms with Crippen molar-refractivity contribution in [2.24, 2.45) is 11.5 Å². The van der Waals surface area contributed by atoms with Gasteiger partial charge in [0, 0.05) is 59.1 Å². The van der Waals surface area contributed by atoms with Crippen molar-refractivity contribution in [1.82, 2.24) is 24.8 Å². The van der Waals surface area contributed by atoms with E-state index in [9.17, 15) is 28.8 Å². The Bertz CT molecular complexity index is 1700. The molecule has 0 fully saturated rings. The Balaban J connectivity index is -0.0000000860. The molecule has 0 atom stereocenters. The summed E-state index contributed by atoms with van der Waals surface area (Å²) < 4.78 is 23.8. The van der Waals surface area contributed by atoms with Gasteiger partial charge in [-0.25, -0.2) is 39.1 Å². The van der Waals surface area contributed by atoms with Crippen LogP contribution in [-0.2, 0) is 61.4 Å². The van der Waals surface area contributed by atoms with E-state index in [1.54, 1.807) is 46.3 Å². The molecule has 0 aliphatic heterocycles. The minimum Gasteiger partial charge on any atom is -0.502 e. The second-order valence-electron chi connectivity index (χ2n) is 10.3. The number of carbonyl (C=O) groups excluding carboxylic acids is 6. The number of hydrogen-bond donors (Lipinski definition) is 4. The molecule has 397 valence electrons. The minimum atomic E-state index is -1.09. The van der Waals surface area contributed by atoms with E-state index in [1.807, 2.05) is 28.8 Å². The predicted molar refractivity (Wildman–Crippen MR) is 328 cm³/mol. The van der Waals surface area contributed by atoms with Gasteiger partial charge in [-0.3, -0.25) is 25.3 Å². The first kappa shape index (κ1) is 87.8. The van der Waals surface area contributed by atoms with Gasteiger partial charge in [0.05, 0.1) is 43.7 Å². The number of alkyl halides is 5. The number of thioether (sulfide) groups is 2. The van der Waals surface area contributed by atoms with Crippen LogP contribution < -0.4 is 16.4 Å². The van der Waals surface area contributed by atoms with E-state index in [-0.39, 0.29) is 41.1 Å².